The van der Waals surface area contributed by atoms with Crippen molar-refractivity contribution in [2.45, 2.75) is 44.9 Å². The molecule has 2 aromatic carbocycles. The van der Waals surface area contributed by atoms with Crippen molar-refractivity contribution in [1.29, 1.82) is 0 Å². The third kappa shape index (κ3) is 9.80. The molecule has 8 nitrogen and oxygen atoms in total. The van der Waals surface area contributed by atoms with Gasteiger partial charge < -0.3 is 15.7 Å². The van der Waals surface area contributed by atoms with Crippen LogP contribution in [0.15, 0.2) is 47.8 Å². The Hall–Kier alpha value is -2.93. The molecule has 12 heteroatoms. The molecule has 1 aromatic heterocycles. The Labute approximate surface area is 219 Å². The number of nitrogens with one attached hydrogen (secondary N) is 3. The zero-order valence-corrected chi connectivity index (χ0v) is 22.1. The predicted octanol–water partition coefficient (Wildman–Crippen LogP) is 2.78. The van der Waals surface area contributed by atoms with Crippen LogP contribution < -0.4 is 15.4 Å². The minimum absolute atomic E-state index is 0.00740. The van der Waals surface area contributed by atoms with Gasteiger partial charge in [0.15, 0.2) is 5.13 Å². The minimum atomic E-state index is -3.50. The van der Waals surface area contributed by atoms with Gasteiger partial charge >= 0.3 is 0 Å². The number of nitrogens with zero attached hydrogens (tertiary/aromatic N) is 1. The van der Waals surface area contributed by atoms with Crippen molar-refractivity contribution in [1.82, 2.24) is 15.6 Å². The lowest BCUT2D eigenvalue weighted by atomic mass is 10.00. The summed E-state index contributed by atoms with van der Waals surface area (Å²) in [7, 11) is -3.50. The van der Waals surface area contributed by atoms with Crippen molar-refractivity contribution in [2.24, 2.45) is 0 Å². The molecule has 200 valence electrons. The number of rotatable bonds is 13. The predicted molar refractivity (Wildman–Crippen MR) is 140 cm³/mol. The van der Waals surface area contributed by atoms with Crippen molar-refractivity contribution in [3.63, 3.8) is 0 Å². The van der Waals surface area contributed by atoms with Crippen molar-refractivity contribution in [2.75, 3.05) is 17.5 Å². The number of carbonyl (C=O) groups excluding carboxylic acids is 1. The van der Waals surface area contributed by atoms with Gasteiger partial charge in [-0.15, -0.1) is 11.3 Å². The van der Waals surface area contributed by atoms with E-state index in [1.165, 1.54) is 5.56 Å². The van der Waals surface area contributed by atoms with Crippen LogP contribution in [0.1, 0.15) is 29.3 Å². The Balaban J connectivity index is 1.66. The lowest BCUT2D eigenvalue weighted by Gasteiger charge is -2.25. The zero-order valence-electron chi connectivity index (χ0n) is 20.5. The summed E-state index contributed by atoms with van der Waals surface area (Å²) in [6.45, 7) is 2.68. The van der Waals surface area contributed by atoms with Crippen LogP contribution in [0.4, 0.5) is 13.9 Å². The molecule has 0 aliphatic rings. The second kappa shape index (κ2) is 13.0. The molecule has 0 saturated heterocycles. The van der Waals surface area contributed by atoms with Crippen LogP contribution >= 0.6 is 11.3 Å². The highest BCUT2D eigenvalue weighted by atomic mass is 32.2. The van der Waals surface area contributed by atoms with Crippen LogP contribution in [0.5, 0.6) is 0 Å². The molecule has 0 saturated carbocycles. The topological polar surface area (TPSA) is 120 Å². The fraction of sp³-hybridized carbons (Fsp3) is 0.360. The van der Waals surface area contributed by atoms with E-state index in [1.807, 2.05) is 18.2 Å². The quantitative estimate of drug-likeness (QED) is 0.259. The number of anilines is 1. The molecule has 1 amide bonds. The van der Waals surface area contributed by atoms with E-state index >= 15 is 0 Å². The molecule has 3 rings (SSSR count). The smallest absolute Gasteiger partial charge is 0.231 e. The van der Waals surface area contributed by atoms with E-state index in [-0.39, 0.29) is 30.1 Å². The zero-order chi connectivity index (χ0) is 27.0. The number of amides is 1. The number of aliphatic hydroxyl groups excluding tert-OH is 1. The van der Waals surface area contributed by atoms with Crippen molar-refractivity contribution in [3.05, 3.63) is 81.9 Å². The molecule has 0 aliphatic heterocycles. The molecular formula is C25H30F2N4O4S2. The number of halogens is 2. The summed E-state index contributed by atoms with van der Waals surface area (Å²) >= 11 is 1.04. The number of carbonyl (C=O) groups is 1. The van der Waals surface area contributed by atoms with Crippen molar-refractivity contribution in [3.8, 4) is 0 Å². The van der Waals surface area contributed by atoms with Gasteiger partial charge in [0.05, 0.1) is 30.5 Å². The molecule has 0 bridgehead atoms. The van der Waals surface area contributed by atoms with Crippen molar-refractivity contribution < 1.29 is 27.1 Å². The van der Waals surface area contributed by atoms with Gasteiger partial charge in [0.25, 0.3) is 0 Å². The average molecular weight is 553 g/mol. The molecule has 0 fully saturated rings. The Morgan fingerprint density at radius 2 is 1.81 bits per heavy atom. The Kier molecular flexibility index (Phi) is 10.1. The number of hydrogen-bond donors (Lipinski definition) is 4. The van der Waals surface area contributed by atoms with Gasteiger partial charge in [-0.1, -0.05) is 31.2 Å². The first kappa shape index (κ1) is 28.6. The average Bonchev–Trinajstić information content (AvgIpc) is 3.22. The summed E-state index contributed by atoms with van der Waals surface area (Å²) in [6.07, 6.45) is 0.658. The number of hydrogen-bond acceptors (Lipinski definition) is 7. The second-order valence-corrected chi connectivity index (χ2v) is 11.3. The summed E-state index contributed by atoms with van der Waals surface area (Å²) in [4.78, 5) is 16.8. The first-order valence-electron chi connectivity index (χ1n) is 11.6. The van der Waals surface area contributed by atoms with Crippen LogP contribution in [0.2, 0.25) is 0 Å². The number of aryl methyl sites for hydroxylation is 1. The summed E-state index contributed by atoms with van der Waals surface area (Å²) in [5, 5.41) is 18.5. The molecule has 0 radical (unpaired) electrons. The molecule has 1 heterocycles. The summed E-state index contributed by atoms with van der Waals surface area (Å²) in [6, 6.07) is 10.2. The third-order valence-electron chi connectivity index (χ3n) is 5.44. The van der Waals surface area contributed by atoms with Gasteiger partial charge in [0, 0.05) is 24.5 Å². The highest BCUT2D eigenvalue weighted by molar-refractivity contribution is 7.92. The first-order valence-corrected chi connectivity index (χ1v) is 14.4. The Morgan fingerprint density at radius 1 is 1.11 bits per heavy atom. The Morgan fingerprint density at radius 3 is 2.49 bits per heavy atom. The van der Waals surface area contributed by atoms with Gasteiger partial charge in [0.1, 0.15) is 11.6 Å². The van der Waals surface area contributed by atoms with E-state index in [9.17, 15) is 27.1 Å². The number of thiazole rings is 1. The number of aromatic nitrogens is 1. The summed E-state index contributed by atoms with van der Waals surface area (Å²) < 4.78 is 52.5. The fourth-order valence-electron chi connectivity index (χ4n) is 3.75. The Bertz CT molecular complexity index is 1300. The molecule has 2 atom stereocenters. The maximum Gasteiger partial charge on any atom is 0.231 e. The van der Waals surface area contributed by atoms with E-state index in [0.717, 1.165) is 47.8 Å². The number of aliphatic hydroxyl groups is 1. The number of sulfonamides is 1. The molecule has 0 spiro atoms. The van der Waals surface area contributed by atoms with Gasteiger partial charge in [-0.3, -0.25) is 9.52 Å². The molecule has 37 heavy (non-hydrogen) atoms. The highest BCUT2D eigenvalue weighted by Gasteiger charge is 2.23. The van der Waals surface area contributed by atoms with Crippen LogP contribution in [0, 0.1) is 11.6 Å². The maximum absolute atomic E-state index is 13.7. The standard InChI is InChI=1S/C25H30F2N4O4S2/c1-3-16-5-4-6-17(7-16)13-28-14-23(32)22(10-18-8-19(26)11-20(27)9-18)30-24(33)12-21-15-36-25(29-21)31-37(2,34)35/h4-9,11,15,22-23,28,32H,3,10,12-14H2,1-2H3,(H,29,31)(H,30,33)/t22-,23+/m0/s1. The van der Waals surface area contributed by atoms with Gasteiger partial charge in [-0.25, -0.2) is 22.2 Å². The van der Waals surface area contributed by atoms with E-state index in [4.69, 9.17) is 0 Å². The lowest BCUT2D eigenvalue weighted by molar-refractivity contribution is -0.122. The van der Waals surface area contributed by atoms with Gasteiger partial charge in [-0.05, 0) is 41.7 Å². The molecule has 4 N–H and O–H groups in total. The van der Waals surface area contributed by atoms with Gasteiger partial charge in [-0.2, -0.15) is 0 Å². The van der Waals surface area contributed by atoms with E-state index in [2.05, 4.69) is 33.3 Å². The van der Waals surface area contributed by atoms with Crippen molar-refractivity contribution >= 4 is 32.4 Å². The highest BCUT2D eigenvalue weighted by Crippen LogP contribution is 2.17. The van der Waals surface area contributed by atoms with E-state index < -0.39 is 39.7 Å². The lowest BCUT2D eigenvalue weighted by Crippen LogP contribution is -2.49. The molecular weight excluding hydrogens is 522 g/mol. The van der Waals surface area contributed by atoms with Gasteiger partial charge in [0.2, 0.25) is 15.9 Å². The minimum Gasteiger partial charge on any atom is -0.390 e. The third-order valence-corrected chi connectivity index (χ3v) is 6.94. The SMILES string of the molecule is CCc1cccc(CNC[C@@H](O)[C@H](Cc2cc(F)cc(F)c2)NC(=O)Cc2csc(NS(C)(=O)=O)n2)c1. The molecule has 0 unspecified atom stereocenters. The van der Waals surface area contributed by atoms with Crippen LogP contribution in [0.3, 0.4) is 0 Å². The van der Waals surface area contributed by atoms with E-state index in [1.54, 1.807) is 5.38 Å². The first-order chi connectivity index (χ1) is 17.5. The monoisotopic (exact) mass is 552 g/mol. The second-order valence-electron chi connectivity index (χ2n) is 8.72. The number of benzene rings is 2. The largest absolute Gasteiger partial charge is 0.390 e. The summed E-state index contributed by atoms with van der Waals surface area (Å²) in [5.41, 5.74) is 2.86. The van der Waals surface area contributed by atoms with Crippen LogP contribution in [0.25, 0.3) is 0 Å². The van der Waals surface area contributed by atoms with E-state index in [0.29, 0.717) is 12.2 Å². The summed E-state index contributed by atoms with van der Waals surface area (Å²) in [5.74, 6) is -1.98. The normalized spacial score (nSPS) is 13.2. The van der Waals surface area contributed by atoms with Crippen LogP contribution in [-0.2, 0) is 40.6 Å². The van der Waals surface area contributed by atoms with Crippen LogP contribution in [-0.4, -0.2) is 49.4 Å². The molecule has 0 aliphatic carbocycles. The fourth-order valence-corrected chi connectivity index (χ4v) is 5.31. The maximum atomic E-state index is 13.7. The molecule has 3 aromatic rings.